The van der Waals surface area contributed by atoms with Crippen LogP contribution < -0.4 is 5.32 Å². The van der Waals surface area contributed by atoms with Crippen molar-refractivity contribution in [2.75, 3.05) is 5.88 Å². The summed E-state index contributed by atoms with van der Waals surface area (Å²) in [6, 6.07) is 2.16. The summed E-state index contributed by atoms with van der Waals surface area (Å²) in [6.45, 7) is 2.09. The number of hydrogen-bond acceptors (Lipinski definition) is 1. The molecule has 1 N–H and O–H groups in total. The summed E-state index contributed by atoms with van der Waals surface area (Å²) >= 11 is 9.02. The summed E-state index contributed by atoms with van der Waals surface area (Å²) in [6.07, 6.45) is 3.48. The molecule has 0 aliphatic heterocycles. The van der Waals surface area contributed by atoms with Crippen LogP contribution in [0.3, 0.4) is 0 Å². The fraction of sp³-hybridized carbons (Fsp3) is 0.533. The first-order chi connectivity index (χ1) is 9.87. The molecule has 2 rings (SSSR count). The third kappa shape index (κ3) is 3.75. The van der Waals surface area contributed by atoms with Crippen LogP contribution in [0.5, 0.6) is 0 Å². The molecule has 1 amide bonds. The first-order valence-electron chi connectivity index (χ1n) is 6.90. The topological polar surface area (TPSA) is 29.1 Å². The van der Waals surface area contributed by atoms with Crippen molar-refractivity contribution in [1.82, 2.24) is 5.32 Å². The highest BCUT2D eigenvalue weighted by Gasteiger charge is 2.36. The Labute approximate surface area is 136 Å². The quantitative estimate of drug-likeness (QED) is 0.760. The van der Waals surface area contributed by atoms with Gasteiger partial charge in [0.25, 0.3) is 5.91 Å². The lowest BCUT2D eigenvalue weighted by Crippen LogP contribution is -2.53. The second-order valence-electron chi connectivity index (χ2n) is 5.81. The van der Waals surface area contributed by atoms with Gasteiger partial charge in [-0.1, -0.05) is 35.7 Å². The molecule has 1 aromatic rings. The van der Waals surface area contributed by atoms with Gasteiger partial charge in [-0.15, -0.1) is 11.6 Å². The average Bonchev–Trinajstić information content (AvgIpc) is 2.37. The maximum atomic E-state index is 13.9. The maximum Gasteiger partial charge on any atom is 0.257 e. The Morgan fingerprint density at radius 2 is 2.10 bits per heavy atom. The summed E-state index contributed by atoms with van der Waals surface area (Å²) in [5.74, 6) is -1.84. The molecular formula is C15H17BrClF2NO. The molecule has 116 valence electrons. The van der Waals surface area contributed by atoms with Crippen LogP contribution in [-0.4, -0.2) is 17.3 Å². The fourth-order valence-electron chi connectivity index (χ4n) is 2.99. The zero-order chi connectivity index (χ0) is 15.6. The van der Waals surface area contributed by atoms with Crippen molar-refractivity contribution in [3.63, 3.8) is 0 Å². The summed E-state index contributed by atoms with van der Waals surface area (Å²) < 4.78 is 28.0. The van der Waals surface area contributed by atoms with Crippen molar-refractivity contribution in [3.8, 4) is 0 Å². The van der Waals surface area contributed by atoms with Crippen molar-refractivity contribution in [3.05, 3.63) is 33.8 Å². The van der Waals surface area contributed by atoms with E-state index in [0.717, 1.165) is 37.8 Å². The number of halogens is 4. The molecular weight excluding hydrogens is 364 g/mol. The number of benzene rings is 1. The van der Waals surface area contributed by atoms with E-state index in [1.165, 1.54) is 0 Å². The monoisotopic (exact) mass is 379 g/mol. The van der Waals surface area contributed by atoms with Gasteiger partial charge >= 0.3 is 0 Å². The van der Waals surface area contributed by atoms with E-state index in [4.69, 9.17) is 11.6 Å². The van der Waals surface area contributed by atoms with Crippen LogP contribution in [-0.2, 0) is 0 Å². The van der Waals surface area contributed by atoms with Gasteiger partial charge in [-0.3, -0.25) is 4.79 Å². The zero-order valence-corrected chi connectivity index (χ0v) is 14.0. The number of alkyl halides is 1. The highest BCUT2D eigenvalue weighted by Crippen LogP contribution is 2.33. The van der Waals surface area contributed by atoms with E-state index in [-0.39, 0.29) is 10.4 Å². The fourth-order valence-corrected chi connectivity index (χ4v) is 3.70. The van der Waals surface area contributed by atoms with Gasteiger partial charge in [-0.25, -0.2) is 8.78 Å². The molecule has 0 spiro atoms. The van der Waals surface area contributed by atoms with Gasteiger partial charge in [0.15, 0.2) is 0 Å². The van der Waals surface area contributed by atoms with Crippen LogP contribution in [0.1, 0.15) is 43.0 Å². The minimum atomic E-state index is -0.882. The molecule has 1 fully saturated rings. The minimum Gasteiger partial charge on any atom is -0.345 e. The van der Waals surface area contributed by atoms with Gasteiger partial charge in [0.05, 0.1) is 5.54 Å². The lowest BCUT2D eigenvalue weighted by atomic mass is 9.77. The van der Waals surface area contributed by atoms with Crippen LogP contribution in [0.25, 0.3) is 0 Å². The molecule has 2 atom stereocenters. The van der Waals surface area contributed by atoms with Crippen molar-refractivity contribution >= 4 is 33.4 Å². The third-order valence-electron chi connectivity index (χ3n) is 3.96. The molecule has 2 unspecified atom stereocenters. The Hall–Kier alpha value is -0.680. The molecule has 0 saturated heterocycles. The van der Waals surface area contributed by atoms with Crippen LogP contribution in [0.2, 0.25) is 0 Å². The van der Waals surface area contributed by atoms with E-state index in [9.17, 15) is 13.6 Å². The Bertz CT molecular complexity index is 531. The van der Waals surface area contributed by atoms with E-state index in [1.807, 2.05) is 0 Å². The molecule has 0 bridgehead atoms. The highest BCUT2D eigenvalue weighted by molar-refractivity contribution is 9.10. The molecule has 0 aromatic heterocycles. The lowest BCUT2D eigenvalue weighted by molar-refractivity contribution is 0.0858. The molecule has 1 aliphatic rings. The molecule has 6 heteroatoms. The number of amides is 1. The van der Waals surface area contributed by atoms with Gasteiger partial charge in [0.2, 0.25) is 0 Å². The van der Waals surface area contributed by atoms with Crippen molar-refractivity contribution in [1.29, 1.82) is 0 Å². The number of nitrogens with one attached hydrogen (secondary N) is 1. The van der Waals surface area contributed by atoms with Gasteiger partial charge in [0, 0.05) is 10.4 Å². The van der Waals surface area contributed by atoms with E-state index in [0.29, 0.717) is 5.92 Å². The second kappa shape index (κ2) is 6.61. The van der Waals surface area contributed by atoms with Gasteiger partial charge in [-0.05, 0) is 30.9 Å². The second-order valence-corrected chi connectivity index (χ2v) is 7.00. The summed E-state index contributed by atoms with van der Waals surface area (Å²) in [7, 11) is 0. The zero-order valence-electron chi connectivity index (χ0n) is 11.7. The molecule has 1 aromatic carbocycles. The maximum absolute atomic E-state index is 13.9. The van der Waals surface area contributed by atoms with Crippen molar-refractivity contribution in [2.24, 2.45) is 5.92 Å². The molecule has 1 aliphatic carbocycles. The largest absolute Gasteiger partial charge is 0.345 e. The normalized spacial score (nSPS) is 25.7. The van der Waals surface area contributed by atoms with Crippen molar-refractivity contribution in [2.45, 2.75) is 38.1 Å². The Kier molecular flexibility index (Phi) is 5.25. The number of carbonyl (C=O) groups excluding carboxylic acids is 1. The standard InChI is InChI=1S/C15H17BrClF2NO/c1-9-3-2-4-15(7-9,8-17)20-14(21)13-11(18)5-10(16)6-12(13)19/h5-6,9H,2-4,7-8H2,1H3,(H,20,21). The average molecular weight is 381 g/mol. The van der Waals surface area contributed by atoms with Gasteiger partial charge in [-0.2, -0.15) is 0 Å². The third-order valence-corrected chi connectivity index (χ3v) is 4.93. The van der Waals surface area contributed by atoms with Gasteiger partial charge < -0.3 is 5.32 Å². The van der Waals surface area contributed by atoms with Gasteiger partial charge in [0.1, 0.15) is 17.2 Å². The Balaban J connectivity index is 2.24. The Morgan fingerprint density at radius 1 is 1.48 bits per heavy atom. The predicted molar refractivity (Wildman–Crippen MR) is 82.6 cm³/mol. The molecule has 1 saturated carbocycles. The summed E-state index contributed by atoms with van der Waals surface area (Å²) in [5, 5.41) is 2.76. The number of carbonyl (C=O) groups is 1. The molecule has 0 heterocycles. The highest BCUT2D eigenvalue weighted by atomic mass is 79.9. The molecule has 0 radical (unpaired) electrons. The van der Waals surface area contributed by atoms with Crippen LogP contribution >= 0.6 is 27.5 Å². The van der Waals surface area contributed by atoms with Crippen LogP contribution in [0.4, 0.5) is 8.78 Å². The first kappa shape index (κ1) is 16.7. The van der Waals surface area contributed by atoms with E-state index < -0.39 is 28.6 Å². The Morgan fingerprint density at radius 3 is 2.62 bits per heavy atom. The summed E-state index contributed by atoms with van der Waals surface area (Å²) in [5.41, 5.74) is -1.14. The van der Waals surface area contributed by atoms with E-state index in [2.05, 4.69) is 28.2 Å². The number of hydrogen-bond donors (Lipinski definition) is 1. The molecule has 2 nitrogen and oxygen atoms in total. The van der Waals surface area contributed by atoms with Crippen molar-refractivity contribution < 1.29 is 13.6 Å². The smallest absolute Gasteiger partial charge is 0.257 e. The molecule has 21 heavy (non-hydrogen) atoms. The van der Waals surface area contributed by atoms with Crippen LogP contribution in [0, 0.1) is 17.6 Å². The SMILES string of the molecule is CC1CCCC(CCl)(NC(=O)c2c(F)cc(Br)cc2F)C1. The lowest BCUT2D eigenvalue weighted by Gasteiger charge is -2.39. The minimum absolute atomic E-state index is 0.239. The first-order valence-corrected chi connectivity index (χ1v) is 8.23. The number of rotatable bonds is 3. The summed E-state index contributed by atoms with van der Waals surface area (Å²) in [4.78, 5) is 12.3. The van der Waals surface area contributed by atoms with E-state index >= 15 is 0 Å². The van der Waals surface area contributed by atoms with E-state index in [1.54, 1.807) is 0 Å². The predicted octanol–water partition coefficient (Wildman–Crippen LogP) is 4.64. The van der Waals surface area contributed by atoms with Crippen LogP contribution in [0.15, 0.2) is 16.6 Å².